The molecule has 0 bridgehead atoms. The Morgan fingerprint density at radius 2 is 1.73 bits per heavy atom. The molecule has 0 aromatic heterocycles. The molecule has 0 saturated heterocycles. The second kappa shape index (κ2) is 7.48. The molecule has 4 rings (SSSR count). The summed E-state index contributed by atoms with van der Waals surface area (Å²) in [5.41, 5.74) is -0.126. The third-order valence-electron chi connectivity index (χ3n) is 4.79. The largest absolute Gasteiger partial charge is 0.364 e. The van der Waals surface area contributed by atoms with Crippen molar-refractivity contribution in [2.75, 3.05) is 11.4 Å². The van der Waals surface area contributed by atoms with Crippen molar-refractivity contribution in [2.45, 2.75) is 10.6 Å². The third-order valence-corrected chi connectivity index (χ3v) is 5.97. The van der Waals surface area contributed by atoms with Crippen LogP contribution in [0.15, 0.2) is 82.7 Å². The third kappa shape index (κ3) is 3.95. The molecule has 3 aromatic rings. The number of sulfonamides is 1. The highest BCUT2D eigenvalue weighted by atomic mass is 35.5. The maximum atomic E-state index is 13.8. The normalized spacial score (nSPS) is 19.1. The van der Waals surface area contributed by atoms with E-state index in [2.05, 4.69) is 4.99 Å². The summed E-state index contributed by atoms with van der Waals surface area (Å²) in [5.74, 6) is -0.0924. The first-order valence-electron chi connectivity index (χ1n) is 8.90. The van der Waals surface area contributed by atoms with Gasteiger partial charge in [-0.25, -0.2) is 22.9 Å². The van der Waals surface area contributed by atoms with E-state index >= 15 is 0 Å². The molecule has 0 spiro atoms. The number of amidine groups is 1. The number of benzene rings is 3. The molecular formula is C21H17ClFN3O3S. The molecule has 3 aromatic carbocycles. The minimum Gasteiger partial charge on any atom is -0.364 e. The second-order valence-electron chi connectivity index (χ2n) is 6.89. The Labute approximate surface area is 178 Å². The Bertz CT molecular complexity index is 1230. The molecule has 1 aliphatic rings. The van der Waals surface area contributed by atoms with E-state index in [-0.39, 0.29) is 11.4 Å². The van der Waals surface area contributed by atoms with Crippen LogP contribution in [0.1, 0.15) is 11.1 Å². The molecule has 1 aliphatic heterocycles. The van der Waals surface area contributed by atoms with Crippen LogP contribution in [0.3, 0.4) is 0 Å². The van der Waals surface area contributed by atoms with Crippen LogP contribution in [0, 0.1) is 5.82 Å². The smallest absolute Gasteiger partial charge is 0.238 e. The van der Waals surface area contributed by atoms with Crippen molar-refractivity contribution in [3.8, 4) is 0 Å². The molecule has 0 aliphatic carbocycles. The fourth-order valence-electron chi connectivity index (χ4n) is 3.31. The Hall–Kier alpha value is -2.78. The van der Waals surface area contributed by atoms with Gasteiger partial charge >= 0.3 is 0 Å². The van der Waals surface area contributed by atoms with Gasteiger partial charge in [-0.15, -0.1) is 0 Å². The number of hydrogen-bond donors (Lipinski definition) is 2. The van der Waals surface area contributed by atoms with E-state index in [0.29, 0.717) is 27.7 Å². The number of halogens is 2. The van der Waals surface area contributed by atoms with E-state index in [1.165, 1.54) is 30.3 Å². The molecular weight excluding hydrogens is 429 g/mol. The van der Waals surface area contributed by atoms with E-state index in [0.717, 1.165) is 0 Å². The lowest BCUT2D eigenvalue weighted by Gasteiger charge is -2.24. The number of aliphatic imine (C=N–C) groups is 1. The zero-order valence-corrected chi connectivity index (χ0v) is 17.1. The summed E-state index contributed by atoms with van der Waals surface area (Å²) in [6, 6.07) is 18.4. The maximum Gasteiger partial charge on any atom is 0.238 e. The van der Waals surface area contributed by atoms with Gasteiger partial charge in [0.1, 0.15) is 11.7 Å². The number of aliphatic hydroxyl groups is 1. The van der Waals surface area contributed by atoms with Crippen LogP contribution in [0.25, 0.3) is 0 Å². The second-order valence-corrected chi connectivity index (χ2v) is 8.89. The number of anilines is 1. The van der Waals surface area contributed by atoms with Crippen molar-refractivity contribution >= 4 is 33.1 Å². The molecule has 30 heavy (non-hydrogen) atoms. The molecule has 0 saturated carbocycles. The van der Waals surface area contributed by atoms with Crippen molar-refractivity contribution < 1.29 is 17.9 Å². The van der Waals surface area contributed by atoms with Crippen molar-refractivity contribution in [3.05, 3.63) is 94.8 Å². The zero-order chi connectivity index (χ0) is 21.5. The Balaban J connectivity index is 1.82. The highest BCUT2D eigenvalue weighted by Gasteiger charge is 2.40. The van der Waals surface area contributed by atoms with Crippen LogP contribution >= 0.6 is 11.6 Å². The van der Waals surface area contributed by atoms with Crippen molar-refractivity contribution in [1.29, 1.82) is 0 Å². The molecule has 6 nitrogen and oxygen atoms in total. The van der Waals surface area contributed by atoms with Gasteiger partial charge in [-0.3, -0.25) is 0 Å². The van der Waals surface area contributed by atoms with Crippen LogP contribution < -0.4 is 10.0 Å². The molecule has 9 heteroatoms. The van der Waals surface area contributed by atoms with Crippen molar-refractivity contribution in [3.63, 3.8) is 0 Å². The summed E-state index contributed by atoms with van der Waals surface area (Å²) >= 11 is 5.99. The van der Waals surface area contributed by atoms with Crippen LogP contribution in [-0.4, -0.2) is 25.9 Å². The average Bonchev–Trinajstić information content (AvgIpc) is 3.07. The monoisotopic (exact) mass is 445 g/mol. The van der Waals surface area contributed by atoms with Crippen LogP contribution in [-0.2, 0) is 15.7 Å². The predicted molar refractivity (Wildman–Crippen MR) is 113 cm³/mol. The molecule has 0 radical (unpaired) electrons. The highest BCUT2D eigenvalue weighted by molar-refractivity contribution is 7.89. The summed E-state index contributed by atoms with van der Waals surface area (Å²) in [5, 5.41) is 17.0. The first kappa shape index (κ1) is 20.5. The fraction of sp³-hybridized carbons (Fsp3) is 0.0952. The van der Waals surface area contributed by atoms with Gasteiger partial charge in [0.2, 0.25) is 15.7 Å². The number of primary sulfonamides is 1. The number of rotatable bonds is 4. The summed E-state index contributed by atoms with van der Waals surface area (Å²) in [6.45, 7) is 0.0321. The maximum absolute atomic E-state index is 13.8. The van der Waals surface area contributed by atoms with Gasteiger partial charge in [-0.05, 0) is 60.7 Å². The topological polar surface area (TPSA) is 96.0 Å². The minimum atomic E-state index is -3.84. The van der Waals surface area contributed by atoms with E-state index in [4.69, 9.17) is 16.7 Å². The van der Waals surface area contributed by atoms with Gasteiger partial charge in [0.25, 0.3) is 0 Å². The van der Waals surface area contributed by atoms with E-state index in [1.54, 1.807) is 47.4 Å². The quantitative estimate of drug-likeness (QED) is 0.644. The minimum absolute atomic E-state index is 0.0321. The van der Waals surface area contributed by atoms with E-state index < -0.39 is 21.6 Å². The summed E-state index contributed by atoms with van der Waals surface area (Å²) in [6.07, 6.45) is 0. The van der Waals surface area contributed by atoms with Gasteiger partial charge in [-0.1, -0.05) is 23.7 Å². The van der Waals surface area contributed by atoms with Crippen LogP contribution in [0.4, 0.5) is 10.1 Å². The lowest BCUT2D eigenvalue weighted by molar-refractivity contribution is 0.0644. The molecule has 1 unspecified atom stereocenters. The summed E-state index contributed by atoms with van der Waals surface area (Å²) in [7, 11) is -3.84. The summed E-state index contributed by atoms with van der Waals surface area (Å²) in [4.78, 5) is 6.21. The first-order chi connectivity index (χ1) is 14.2. The van der Waals surface area contributed by atoms with Crippen LogP contribution in [0.2, 0.25) is 5.02 Å². The van der Waals surface area contributed by atoms with Gasteiger partial charge in [0.05, 0.1) is 11.4 Å². The molecule has 1 atom stereocenters. The van der Waals surface area contributed by atoms with E-state index in [9.17, 15) is 17.9 Å². The van der Waals surface area contributed by atoms with Crippen molar-refractivity contribution in [1.82, 2.24) is 0 Å². The molecule has 0 amide bonds. The Morgan fingerprint density at radius 1 is 1.07 bits per heavy atom. The number of β-amino-alcohol motifs (C(OH)–C–C–N with tert-alkyl or cyclic N) is 1. The number of nitrogens with zero attached hydrogens (tertiary/aromatic N) is 2. The molecule has 1 heterocycles. The highest BCUT2D eigenvalue weighted by Crippen LogP contribution is 2.35. The summed E-state index contributed by atoms with van der Waals surface area (Å²) < 4.78 is 36.9. The van der Waals surface area contributed by atoms with Crippen molar-refractivity contribution in [2.24, 2.45) is 10.1 Å². The lowest BCUT2D eigenvalue weighted by Crippen LogP contribution is -2.34. The van der Waals surface area contributed by atoms with Crippen LogP contribution in [0.5, 0.6) is 0 Å². The number of nitrogens with two attached hydrogens (primary N) is 1. The Morgan fingerprint density at radius 3 is 2.33 bits per heavy atom. The molecule has 154 valence electrons. The Kier molecular flexibility index (Phi) is 5.11. The van der Waals surface area contributed by atoms with Gasteiger partial charge in [0, 0.05) is 21.8 Å². The molecule has 0 fully saturated rings. The van der Waals surface area contributed by atoms with Gasteiger partial charge in [0.15, 0.2) is 0 Å². The van der Waals surface area contributed by atoms with E-state index in [1.807, 2.05) is 0 Å². The first-order valence-corrected chi connectivity index (χ1v) is 10.8. The van der Waals surface area contributed by atoms with Gasteiger partial charge in [-0.2, -0.15) is 0 Å². The fourth-order valence-corrected chi connectivity index (χ4v) is 3.95. The molecule has 3 N–H and O–H groups in total. The standard InChI is InChI=1S/C21H17ClFN3O3S/c22-16-6-8-18(9-7-16)26-13-21(27,15-2-1-3-17(23)12-15)25-20(26)14-4-10-19(11-5-14)30(24,28)29/h1-12,27H,13H2,(H2,24,28,29). The average molecular weight is 446 g/mol. The van der Waals surface area contributed by atoms with Gasteiger partial charge < -0.3 is 10.0 Å². The number of hydrogen-bond acceptors (Lipinski definition) is 5. The SMILES string of the molecule is NS(=O)(=O)c1ccc(C2=NC(O)(c3cccc(F)c3)CN2c2ccc(Cl)cc2)cc1. The lowest BCUT2D eigenvalue weighted by atomic mass is 10.0. The predicted octanol–water partition coefficient (Wildman–Crippen LogP) is 3.24. The zero-order valence-electron chi connectivity index (χ0n) is 15.5.